The van der Waals surface area contributed by atoms with E-state index in [4.69, 9.17) is 4.74 Å². The molecule has 2 rings (SSSR count). The lowest BCUT2D eigenvalue weighted by atomic mass is 10.0. The maximum Gasteiger partial charge on any atom is 0.417 e. The molecular formula is C15H17NO4. The smallest absolute Gasteiger partial charge is 0.417 e. The van der Waals surface area contributed by atoms with Gasteiger partial charge in [0.2, 0.25) is 5.91 Å². The topological polar surface area (TPSA) is 63.7 Å². The van der Waals surface area contributed by atoms with Gasteiger partial charge < -0.3 is 4.74 Å². The quantitative estimate of drug-likeness (QED) is 0.786. The van der Waals surface area contributed by atoms with Crippen molar-refractivity contribution in [1.82, 2.24) is 4.90 Å². The number of nitrogens with zero attached hydrogens (tertiary/aromatic N) is 1. The molecule has 1 heterocycles. The Morgan fingerprint density at radius 1 is 1.35 bits per heavy atom. The molecule has 5 nitrogen and oxygen atoms in total. The van der Waals surface area contributed by atoms with E-state index in [1.165, 1.54) is 13.8 Å². The molecule has 1 saturated heterocycles. The fourth-order valence-corrected chi connectivity index (χ4v) is 2.15. The molecule has 1 aromatic rings. The molecule has 2 amide bonds. The minimum atomic E-state index is -0.820. The monoisotopic (exact) mass is 275 g/mol. The third kappa shape index (κ3) is 2.87. The molecular weight excluding hydrogens is 258 g/mol. The average Bonchev–Trinajstić information content (AvgIpc) is 2.79. The van der Waals surface area contributed by atoms with Crippen molar-refractivity contribution in [3.05, 3.63) is 35.9 Å². The van der Waals surface area contributed by atoms with Crippen LogP contribution >= 0.6 is 0 Å². The van der Waals surface area contributed by atoms with Crippen molar-refractivity contribution in [3.63, 3.8) is 0 Å². The zero-order valence-electron chi connectivity index (χ0n) is 11.5. The van der Waals surface area contributed by atoms with Crippen LogP contribution in [0.3, 0.4) is 0 Å². The Bertz CT molecular complexity index is 526. The second-order valence-electron chi connectivity index (χ2n) is 4.96. The third-order valence-electron chi connectivity index (χ3n) is 3.49. The normalized spacial score (nSPS) is 19.6. The molecule has 0 saturated carbocycles. The number of amides is 2. The number of ether oxygens (including phenoxy) is 1. The van der Waals surface area contributed by atoms with E-state index >= 15 is 0 Å². The summed E-state index contributed by atoms with van der Waals surface area (Å²) in [6.07, 6.45) is -0.132. The van der Waals surface area contributed by atoms with Crippen LogP contribution in [0.1, 0.15) is 19.4 Å². The number of imide groups is 1. The van der Waals surface area contributed by atoms with Crippen molar-refractivity contribution >= 4 is 17.8 Å². The van der Waals surface area contributed by atoms with Gasteiger partial charge in [-0.2, -0.15) is 0 Å². The Morgan fingerprint density at radius 3 is 2.60 bits per heavy atom. The van der Waals surface area contributed by atoms with Crippen LogP contribution < -0.4 is 0 Å². The van der Waals surface area contributed by atoms with Crippen molar-refractivity contribution in [1.29, 1.82) is 0 Å². The summed E-state index contributed by atoms with van der Waals surface area (Å²) in [7, 11) is 0. The number of carbonyl (C=O) groups is 3. The van der Waals surface area contributed by atoms with Crippen molar-refractivity contribution in [3.8, 4) is 0 Å². The average molecular weight is 275 g/mol. The van der Waals surface area contributed by atoms with Crippen LogP contribution in [0.5, 0.6) is 0 Å². The minimum Gasteiger partial charge on any atom is -0.447 e. The molecule has 0 bridgehead atoms. The fraction of sp³-hybridized carbons (Fsp3) is 0.400. The van der Waals surface area contributed by atoms with Gasteiger partial charge in [0, 0.05) is 0 Å². The number of carbonyl (C=O) groups excluding carboxylic acids is 3. The van der Waals surface area contributed by atoms with E-state index in [0.717, 1.165) is 10.5 Å². The molecule has 0 aliphatic carbocycles. The lowest BCUT2D eigenvalue weighted by molar-refractivity contribution is -0.138. The molecule has 1 aliphatic rings. The Labute approximate surface area is 117 Å². The van der Waals surface area contributed by atoms with Crippen LogP contribution in [0.2, 0.25) is 0 Å². The van der Waals surface area contributed by atoms with Gasteiger partial charge in [-0.15, -0.1) is 0 Å². The Morgan fingerprint density at radius 2 is 2.00 bits per heavy atom. The van der Waals surface area contributed by atoms with Crippen LogP contribution in [0.25, 0.3) is 0 Å². The summed E-state index contributed by atoms with van der Waals surface area (Å²) in [6, 6.07) is 9.22. The van der Waals surface area contributed by atoms with Gasteiger partial charge in [-0.3, -0.25) is 9.59 Å². The summed E-state index contributed by atoms with van der Waals surface area (Å²) in [5.74, 6) is -1.56. The zero-order chi connectivity index (χ0) is 14.7. The van der Waals surface area contributed by atoms with Gasteiger partial charge in [-0.1, -0.05) is 30.3 Å². The van der Waals surface area contributed by atoms with E-state index < -0.39 is 17.9 Å². The molecule has 1 aliphatic heterocycles. The van der Waals surface area contributed by atoms with Gasteiger partial charge in [0.15, 0.2) is 0 Å². The Balaban J connectivity index is 2.15. The first-order valence-corrected chi connectivity index (χ1v) is 6.55. The largest absolute Gasteiger partial charge is 0.447 e. The lowest BCUT2D eigenvalue weighted by Gasteiger charge is -2.21. The lowest BCUT2D eigenvalue weighted by Crippen LogP contribution is -2.44. The Kier molecular flexibility index (Phi) is 4.17. The summed E-state index contributed by atoms with van der Waals surface area (Å²) in [5.41, 5.74) is 1.02. The molecule has 20 heavy (non-hydrogen) atoms. The van der Waals surface area contributed by atoms with Gasteiger partial charge >= 0.3 is 6.09 Å². The number of cyclic esters (lactones) is 1. The van der Waals surface area contributed by atoms with Crippen molar-refractivity contribution < 1.29 is 19.1 Å². The highest BCUT2D eigenvalue weighted by Crippen LogP contribution is 2.20. The van der Waals surface area contributed by atoms with E-state index in [-0.39, 0.29) is 18.4 Å². The van der Waals surface area contributed by atoms with Crippen LogP contribution in [-0.2, 0) is 20.7 Å². The van der Waals surface area contributed by atoms with Crippen LogP contribution in [-0.4, -0.2) is 35.3 Å². The van der Waals surface area contributed by atoms with E-state index in [0.29, 0.717) is 6.42 Å². The Hall–Kier alpha value is -2.17. The SMILES string of the molecule is CC(=O)C(C)C(=O)N1C(=O)OC[C@@H]1Cc1ccccc1. The molecule has 5 heteroatoms. The first-order valence-electron chi connectivity index (χ1n) is 6.55. The number of hydrogen-bond donors (Lipinski definition) is 0. The molecule has 0 radical (unpaired) electrons. The predicted molar refractivity (Wildman–Crippen MR) is 72.0 cm³/mol. The minimum absolute atomic E-state index is 0.171. The first kappa shape index (κ1) is 14.2. The highest BCUT2D eigenvalue weighted by Gasteiger charge is 2.40. The second kappa shape index (κ2) is 5.86. The predicted octanol–water partition coefficient (Wildman–Crippen LogP) is 1.80. The number of Topliss-reactive ketones (excluding diaryl/α,β-unsaturated/α-hetero) is 1. The number of benzene rings is 1. The number of hydrogen-bond acceptors (Lipinski definition) is 4. The maximum atomic E-state index is 12.2. The molecule has 2 atom stereocenters. The molecule has 1 aromatic carbocycles. The zero-order valence-corrected chi connectivity index (χ0v) is 11.5. The van der Waals surface area contributed by atoms with Gasteiger partial charge in [0.1, 0.15) is 12.4 Å². The summed E-state index contributed by atoms with van der Waals surface area (Å²) in [4.78, 5) is 36.3. The van der Waals surface area contributed by atoms with Crippen molar-refractivity contribution in [2.24, 2.45) is 5.92 Å². The summed E-state index contributed by atoms with van der Waals surface area (Å²) in [5, 5.41) is 0. The molecule has 0 aromatic heterocycles. The maximum absolute atomic E-state index is 12.2. The van der Waals surface area contributed by atoms with Gasteiger partial charge in [0.25, 0.3) is 0 Å². The standard InChI is InChI=1S/C15H17NO4/c1-10(11(2)17)14(18)16-13(9-20-15(16)19)8-12-6-4-3-5-7-12/h3-7,10,13H,8-9H2,1-2H3/t10?,13-/m0/s1. The first-order chi connectivity index (χ1) is 9.50. The van der Waals surface area contributed by atoms with E-state index in [2.05, 4.69) is 0 Å². The number of ketones is 1. The highest BCUT2D eigenvalue weighted by atomic mass is 16.6. The molecule has 1 fully saturated rings. The summed E-state index contributed by atoms with van der Waals surface area (Å²) < 4.78 is 4.96. The summed E-state index contributed by atoms with van der Waals surface area (Å²) in [6.45, 7) is 3.02. The molecule has 0 spiro atoms. The molecule has 1 unspecified atom stereocenters. The van der Waals surface area contributed by atoms with Crippen molar-refractivity contribution in [2.45, 2.75) is 26.3 Å². The van der Waals surface area contributed by atoms with E-state index in [9.17, 15) is 14.4 Å². The fourth-order valence-electron chi connectivity index (χ4n) is 2.15. The van der Waals surface area contributed by atoms with Gasteiger partial charge in [0.05, 0.1) is 12.0 Å². The molecule has 106 valence electrons. The van der Waals surface area contributed by atoms with Gasteiger partial charge in [-0.05, 0) is 25.8 Å². The van der Waals surface area contributed by atoms with Crippen molar-refractivity contribution in [2.75, 3.05) is 6.61 Å². The number of rotatable bonds is 4. The molecule has 0 N–H and O–H groups in total. The van der Waals surface area contributed by atoms with E-state index in [1.54, 1.807) is 0 Å². The third-order valence-corrected chi connectivity index (χ3v) is 3.49. The van der Waals surface area contributed by atoms with Gasteiger partial charge in [-0.25, -0.2) is 9.69 Å². The van der Waals surface area contributed by atoms with E-state index in [1.807, 2.05) is 30.3 Å². The van der Waals surface area contributed by atoms with Crippen LogP contribution in [0.4, 0.5) is 4.79 Å². The second-order valence-corrected chi connectivity index (χ2v) is 4.96. The highest BCUT2D eigenvalue weighted by molar-refractivity contribution is 6.05. The van der Waals surface area contributed by atoms with Crippen LogP contribution in [0, 0.1) is 5.92 Å². The van der Waals surface area contributed by atoms with Crippen LogP contribution in [0.15, 0.2) is 30.3 Å². The summed E-state index contributed by atoms with van der Waals surface area (Å²) >= 11 is 0.